The molecule has 1 rings (SSSR count). The van der Waals surface area contributed by atoms with Gasteiger partial charge < -0.3 is 0 Å². The van der Waals surface area contributed by atoms with Crippen LogP contribution in [0.5, 0.6) is 0 Å². The fourth-order valence-corrected chi connectivity index (χ4v) is 3.50. The summed E-state index contributed by atoms with van der Waals surface area (Å²) in [6.45, 7) is 3.98. The summed E-state index contributed by atoms with van der Waals surface area (Å²) in [7, 11) is -3.52. The molecule has 1 aromatic rings. The minimum Gasteiger partial charge on any atom is -0.224 e. The summed E-state index contributed by atoms with van der Waals surface area (Å²) in [6.07, 6.45) is 2.85. The second-order valence-electron chi connectivity index (χ2n) is 3.32. The average molecular weight is 233 g/mol. The second-order valence-corrected chi connectivity index (χ2v) is 6.33. The Morgan fingerprint density at radius 3 is 2.64 bits per heavy atom. The van der Waals surface area contributed by atoms with Gasteiger partial charge in [0.05, 0.1) is 0 Å². The number of aryl methyl sites for hydroxylation is 2. The maximum Gasteiger partial charge on any atom is 0.247 e. The Hall–Kier alpha value is -0.390. The van der Waals surface area contributed by atoms with E-state index in [1.54, 1.807) is 0 Å². The van der Waals surface area contributed by atoms with E-state index in [-0.39, 0.29) is 0 Å². The minimum absolute atomic E-state index is 0.337. The van der Waals surface area contributed by atoms with E-state index in [9.17, 15) is 8.42 Å². The fourth-order valence-electron chi connectivity index (χ4n) is 1.33. The van der Waals surface area contributed by atoms with Gasteiger partial charge in [0.1, 0.15) is 4.21 Å². The van der Waals surface area contributed by atoms with Crippen molar-refractivity contribution in [1.82, 2.24) is 0 Å². The van der Waals surface area contributed by atoms with Crippen LogP contribution in [0.25, 0.3) is 0 Å². The molecule has 0 aliphatic heterocycles. The van der Waals surface area contributed by atoms with Crippen LogP contribution in [0, 0.1) is 6.92 Å². The molecule has 0 amide bonds. The molecule has 0 radical (unpaired) electrons. The molecule has 0 saturated heterocycles. The number of hydrogen-bond donors (Lipinski definition) is 1. The zero-order valence-electron chi connectivity index (χ0n) is 8.41. The molecular formula is C9H15NO2S2. The molecule has 0 unspecified atom stereocenters. The Morgan fingerprint density at radius 2 is 2.14 bits per heavy atom. The van der Waals surface area contributed by atoms with Gasteiger partial charge in [0.25, 0.3) is 0 Å². The van der Waals surface area contributed by atoms with E-state index < -0.39 is 10.0 Å². The number of sulfonamides is 1. The van der Waals surface area contributed by atoms with Crippen LogP contribution in [0.15, 0.2) is 10.3 Å². The van der Waals surface area contributed by atoms with Crippen LogP contribution in [0.2, 0.25) is 0 Å². The lowest BCUT2D eigenvalue weighted by Crippen LogP contribution is -2.12. The molecule has 1 heterocycles. The molecule has 0 aromatic carbocycles. The molecule has 14 heavy (non-hydrogen) atoms. The van der Waals surface area contributed by atoms with Crippen molar-refractivity contribution in [3.05, 3.63) is 16.5 Å². The van der Waals surface area contributed by atoms with Gasteiger partial charge in [-0.05, 0) is 31.4 Å². The van der Waals surface area contributed by atoms with E-state index in [0.717, 1.165) is 29.7 Å². The summed E-state index contributed by atoms with van der Waals surface area (Å²) in [5, 5.41) is 5.13. The quantitative estimate of drug-likeness (QED) is 0.865. The molecule has 80 valence electrons. The van der Waals surface area contributed by atoms with E-state index >= 15 is 0 Å². The lowest BCUT2D eigenvalue weighted by molar-refractivity contribution is 0.598. The fraction of sp³-hybridized carbons (Fsp3) is 0.556. The lowest BCUT2D eigenvalue weighted by atomic mass is 10.1. The average Bonchev–Trinajstić information content (AvgIpc) is 2.42. The van der Waals surface area contributed by atoms with E-state index in [1.807, 2.05) is 13.0 Å². The zero-order chi connectivity index (χ0) is 10.8. The summed E-state index contributed by atoms with van der Waals surface area (Å²) < 4.78 is 22.8. The van der Waals surface area contributed by atoms with E-state index in [0.29, 0.717) is 4.21 Å². The molecule has 0 saturated carbocycles. The van der Waals surface area contributed by atoms with Crippen molar-refractivity contribution in [1.29, 1.82) is 0 Å². The van der Waals surface area contributed by atoms with E-state index in [2.05, 4.69) is 6.92 Å². The number of primary sulfonamides is 1. The summed E-state index contributed by atoms with van der Waals surface area (Å²) in [5.74, 6) is 0. The summed E-state index contributed by atoms with van der Waals surface area (Å²) in [4.78, 5) is 1.00. The zero-order valence-corrected chi connectivity index (χ0v) is 10.0. The van der Waals surface area contributed by atoms with Gasteiger partial charge in [0.2, 0.25) is 10.0 Å². The third-order valence-electron chi connectivity index (χ3n) is 1.95. The Kier molecular flexibility index (Phi) is 3.69. The highest BCUT2D eigenvalue weighted by Gasteiger charge is 2.16. The standard InChI is InChI=1S/C9H15NO2S2/c1-3-4-5-8-6-7(2)13-9(8)14(10,11)12/h6H,3-5H2,1-2H3,(H2,10,11,12). The van der Waals surface area contributed by atoms with Crippen LogP contribution in [-0.4, -0.2) is 8.42 Å². The molecule has 0 spiro atoms. The van der Waals surface area contributed by atoms with Crippen LogP contribution in [0.1, 0.15) is 30.2 Å². The van der Waals surface area contributed by atoms with Crippen LogP contribution >= 0.6 is 11.3 Å². The van der Waals surface area contributed by atoms with Crippen molar-refractivity contribution in [2.75, 3.05) is 0 Å². The van der Waals surface area contributed by atoms with Crippen LogP contribution in [0.4, 0.5) is 0 Å². The first-order chi connectivity index (χ1) is 6.45. The number of thiophene rings is 1. The lowest BCUT2D eigenvalue weighted by Gasteiger charge is -1.99. The molecule has 3 nitrogen and oxygen atoms in total. The van der Waals surface area contributed by atoms with Crippen molar-refractivity contribution in [2.24, 2.45) is 5.14 Å². The first-order valence-corrected chi connectivity index (χ1v) is 6.93. The highest BCUT2D eigenvalue weighted by Crippen LogP contribution is 2.26. The highest BCUT2D eigenvalue weighted by molar-refractivity contribution is 7.91. The van der Waals surface area contributed by atoms with Gasteiger partial charge in [-0.25, -0.2) is 13.6 Å². The molecule has 0 fully saturated rings. The van der Waals surface area contributed by atoms with Gasteiger partial charge in [0.15, 0.2) is 0 Å². The first kappa shape index (κ1) is 11.7. The summed E-state index contributed by atoms with van der Waals surface area (Å²) in [5.41, 5.74) is 0.872. The third kappa shape index (κ3) is 2.80. The molecule has 0 aliphatic carbocycles. The molecule has 0 bridgehead atoms. The van der Waals surface area contributed by atoms with Gasteiger partial charge in [-0.3, -0.25) is 0 Å². The SMILES string of the molecule is CCCCc1cc(C)sc1S(N)(=O)=O. The monoisotopic (exact) mass is 233 g/mol. The maximum atomic E-state index is 11.2. The Bertz CT molecular complexity index is 406. The van der Waals surface area contributed by atoms with Crippen LogP contribution in [-0.2, 0) is 16.4 Å². The van der Waals surface area contributed by atoms with E-state index in [1.165, 1.54) is 11.3 Å². The van der Waals surface area contributed by atoms with Gasteiger partial charge >= 0.3 is 0 Å². The smallest absolute Gasteiger partial charge is 0.224 e. The number of hydrogen-bond acceptors (Lipinski definition) is 3. The topological polar surface area (TPSA) is 60.2 Å². The van der Waals surface area contributed by atoms with Crippen molar-refractivity contribution in [3.63, 3.8) is 0 Å². The molecule has 0 atom stereocenters. The van der Waals surface area contributed by atoms with Gasteiger partial charge in [-0.1, -0.05) is 13.3 Å². The Balaban J connectivity index is 3.04. The minimum atomic E-state index is -3.52. The Labute approximate surface area is 89.0 Å². The number of unbranched alkanes of at least 4 members (excludes halogenated alkanes) is 1. The summed E-state index contributed by atoms with van der Waals surface area (Å²) >= 11 is 1.26. The molecule has 1 aromatic heterocycles. The van der Waals surface area contributed by atoms with Crippen molar-refractivity contribution >= 4 is 21.4 Å². The van der Waals surface area contributed by atoms with Crippen LogP contribution < -0.4 is 5.14 Å². The first-order valence-electron chi connectivity index (χ1n) is 4.57. The molecule has 5 heteroatoms. The van der Waals surface area contributed by atoms with Crippen molar-refractivity contribution < 1.29 is 8.42 Å². The predicted molar refractivity (Wildman–Crippen MR) is 59.0 cm³/mol. The summed E-state index contributed by atoms with van der Waals surface area (Å²) in [6, 6.07) is 1.92. The van der Waals surface area contributed by atoms with Crippen molar-refractivity contribution in [3.8, 4) is 0 Å². The molecule has 0 aliphatic rings. The predicted octanol–water partition coefficient (Wildman–Crippen LogP) is 2.05. The largest absolute Gasteiger partial charge is 0.247 e. The van der Waals surface area contributed by atoms with Gasteiger partial charge in [-0.2, -0.15) is 0 Å². The highest BCUT2D eigenvalue weighted by atomic mass is 32.2. The van der Waals surface area contributed by atoms with Crippen molar-refractivity contribution in [2.45, 2.75) is 37.3 Å². The molecule has 2 N–H and O–H groups in total. The Morgan fingerprint density at radius 1 is 1.50 bits per heavy atom. The molecular weight excluding hydrogens is 218 g/mol. The van der Waals surface area contributed by atoms with E-state index in [4.69, 9.17) is 5.14 Å². The number of nitrogens with two attached hydrogens (primary N) is 1. The number of rotatable bonds is 4. The second kappa shape index (κ2) is 4.42. The normalized spacial score (nSPS) is 11.9. The maximum absolute atomic E-state index is 11.2. The van der Waals surface area contributed by atoms with Gasteiger partial charge in [-0.15, -0.1) is 11.3 Å². The van der Waals surface area contributed by atoms with Crippen LogP contribution in [0.3, 0.4) is 0 Å². The van der Waals surface area contributed by atoms with Gasteiger partial charge in [0, 0.05) is 4.88 Å². The third-order valence-corrected chi connectivity index (χ3v) is 4.56.